The summed E-state index contributed by atoms with van der Waals surface area (Å²) in [5, 5.41) is 8.65. The van der Waals surface area contributed by atoms with Gasteiger partial charge in [0.05, 0.1) is 12.3 Å². The maximum Gasteiger partial charge on any atom is 0.322 e. The van der Waals surface area contributed by atoms with Gasteiger partial charge in [-0.15, -0.1) is 0 Å². The van der Waals surface area contributed by atoms with Gasteiger partial charge in [-0.1, -0.05) is 12.1 Å². The van der Waals surface area contributed by atoms with Crippen molar-refractivity contribution in [3.05, 3.63) is 70.1 Å². The monoisotopic (exact) mass is 476 g/mol. The van der Waals surface area contributed by atoms with Gasteiger partial charge in [-0.3, -0.25) is 14.5 Å². The van der Waals surface area contributed by atoms with E-state index in [1.807, 2.05) is 25.1 Å². The Bertz CT molecular complexity index is 1300. The number of hydrogen-bond donors (Lipinski definition) is 3. The molecule has 2 heterocycles. The SMILES string of the molecule is COCCNC(=O)c1ccc(Nc2nc(-c3cccc(N4CCNC4=O)c3C)cn(C)c2=O)cc1. The van der Waals surface area contributed by atoms with Crippen molar-refractivity contribution < 1.29 is 14.3 Å². The van der Waals surface area contributed by atoms with E-state index in [-0.39, 0.29) is 23.3 Å². The molecule has 3 N–H and O–H groups in total. The number of carbonyl (C=O) groups is 2. The summed E-state index contributed by atoms with van der Waals surface area (Å²) < 4.78 is 6.41. The van der Waals surface area contributed by atoms with Crippen LogP contribution in [0.15, 0.2) is 53.5 Å². The summed E-state index contributed by atoms with van der Waals surface area (Å²) in [6, 6.07) is 12.4. The molecule has 0 saturated carbocycles. The normalized spacial score (nSPS) is 13.0. The third kappa shape index (κ3) is 5.17. The van der Waals surface area contributed by atoms with Gasteiger partial charge in [-0.05, 0) is 42.8 Å². The number of anilines is 3. The van der Waals surface area contributed by atoms with E-state index in [0.29, 0.717) is 43.2 Å². The zero-order valence-corrected chi connectivity index (χ0v) is 19.9. The summed E-state index contributed by atoms with van der Waals surface area (Å²) in [6.45, 7) is 3.99. The lowest BCUT2D eigenvalue weighted by atomic mass is 10.0. The number of aromatic nitrogens is 2. The van der Waals surface area contributed by atoms with Crippen molar-refractivity contribution in [2.45, 2.75) is 6.92 Å². The molecule has 0 unspecified atom stereocenters. The fraction of sp³-hybridized carbons (Fsp3) is 0.280. The Hall–Kier alpha value is -4.18. The van der Waals surface area contributed by atoms with Crippen molar-refractivity contribution in [3.8, 4) is 11.3 Å². The van der Waals surface area contributed by atoms with Crippen LogP contribution in [0.4, 0.5) is 22.0 Å². The largest absolute Gasteiger partial charge is 0.383 e. The topological polar surface area (TPSA) is 118 Å². The van der Waals surface area contributed by atoms with Crippen LogP contribution < -0.4 is 26.4 Å². The second-order valence-electron chi connectivity index (χ2n) is 8.18. The van der Waals surface area contributed by atoms with Gasteiger partial charge in [0.15, 0.2) is 5.82 Å². The molecule has 1 aliphatic rings. The maximum atomic E-state index is 12.8. The molecule has 10 nitrogen and oxygen atoms in total. The molecule has 0 atom stereocenters. The summed E-state index contributed by atoms with van der Waals surface area (Å²) in [5.41, 5.74) is 3.96. The first-order chi connectivity index (χ1) is 16.9. The first-order valence-electron chi connectivity index (χ1n) is 11.3. The van der Waals surface area contributed by atoms with E-state index in [1.165, 1.54) is 4.57 Å². The van der Waals surface area contributed by atoms with Gasteiger partial charge in [-0.25, -0.2) is 9.78 Å². The van der Waals surface area contributed by atoms with Crippen molar-refractivity contribution in [1.29, 1.82) is 0 Å². The highest BCUT2D eigenvalue weighted by Crippen LogP contribution is 2.30. The zero-order chi connectivity index (χ0) is 24.9. The van der Waals surface area contributed by atoms with E-state index >= 15 is 0 Å². The zero-order valence-electron chi connectivity index (χ0n) is 19.9. The molecule has 10 heteroatoms. The molecule has 0 aliphatic carbocycles. The number of aryl methyl sites for hydroxylation is 1. The second kappa shape index (κ2) is 10.4. The summed E-state index contributed by atoms with van der Waals surface area (Å²) in [6.07, 6.45) is 1.68. The smallest absolute Gasteiger partial charge is 0.322 e. The van der Waals surface area contributed by atoms with Crippen LogP contribution in [-0.4, -0.2) is 54.8 Å². The molecule has 0 bridgehead atoms. The Labute approximate surface area is 202 Å². The number of nitrogens with one attached hydrogen (secondary N) is 3. The molecule has 1 aliphatic heterocycles. The average molecular weight is 477 g/mol. The molecule has 35 heavy (non-hydrogen) atoms. The van der Waals surface area contributed by atoms with Crippen LogP contribution in [0.1, 0.15) is 15.9 Å². The number of urea groups is 1. The Morgan fingerprint density at radius 3 is 2.63 bits per heavy atom. The predicted octanol–water partition coefficient (Wildman–Crippen LogP) is 2.41. The van der Waals surface area contributed by atoms with Crippen molar-refractivity contribution in [3.63, 3.8) is 0 Å². The standard InChI is InChI=1S/C25H28N6O4/c1-16-19(5-4-6-21(16)31-13-11-27-25(31)34)20-15-30(2)24(33)22(29-20)28-18-9-7-17(8-10-18)23(32)26-12-14-35-3/h4-10,15H,11-14H2,1-3H3,(H,26,32)(H,27,34)(H,28,29). The number of benzene rings is 2. The van der Waals surface area contributed by atoms with Crippen LogP contribution in [0, 0.1) is 6.92 Å². The van der Waals surface area contributed by atoms with Gasteiger partial charge in [0.1, 0.15) is 0 Å². The predicted molar refractivity (Wildman–Crippen MR) is 134 cm³/mol. The van der Waals surface area contributed by atoms with Crippen LogP contribution in [0.25, 0.3) is 11.3 Å². The number of rotatable bonds is 8. The fourth-order valence-corrected chi connectivity index (χ4v) is 3.92. The van der Waals surface area contributed by atoms with Crippen LogP contribution in [-0.2, 0) is 11.8 Å². The van der Waals surface area contributed by atoms with Crippen molar-refractivity contribution in [1.82, 2.24) is 20.2 Å². The molecule has 4 rings (SSSR count). The molecule has 3 amide bonds. The highest BCUT2D eigenvalue weighted by atomic mass is 16.5. The molecular weight excluding hydrogens is 448 g/mol. The number of hydrogen-bond acceptors (Lipinski definition) is 6. The van der Waals surface area contributed by atoms with Crippen LogP contribution in [0.3, 0.4) is 0 Å². The van der Waals surface area contributed by atoms with Crippen molar-refractivity contribution >= 4 is 29.1 Å². The van der Waals surface area contributed by atoms with E-state index in [2.05, 4.69) is 20.9 Å². The fourth-order valence-electron chi connectivity index (χ4n) is 3.92. The lowest BCUT2D eigenvalue weighted by Crippen LogP contribution is -2.28. The Morgan fingerprint density at radius 2 is 1.94 bits per heavy atom. The summed E-state index contributed by atoms with van der Waals surface area (Å²) in [7, 11) is 3.24. The van der Waals surface area contributed by atoms with Gasteiger partial charge in [0, 0.05) is 62.5 Å². The van der Waals surface area contributed by atoms with Crippen LogP contribution >= 0.6 is 0 Å². The number of nitrogens with zero attached hydrogens (tertiary/aromatic N) is 3. The highest BCUT2D eigenvalue weighted by Gasteiger charge is 2.24. The Morgan fingerprint density at radius 1 is 1.17 bits per heavy atom. The van der Waals surface area contributed by atoms with Crippen LogP contribution in [0.5, 0.6) is 0 Å². The molecule has 2 aromatic carbocycles. The third-order valence-electron chi connectivity index (χ3n) is 5.80. The Kier molecular flexibility index (Phi) is 7.11. The number of amides is 3. The van der Waals surface area contributed by atoms with Crippen molar-refractivity contribution in [2.24, 2.45) is 7.05 Å². The molecule has 1 aromatic heterocycles. The van der Waals surface area contributed by atoms with Gasteiger partial charge in [0.2, 0.25) is 0 Å². The number of methoxy groups -OCH3 is 1. The van der Waals surface area contributed by atoms with Gasteiger partial charge in [-0.2, -0.15) is 0 Å². The van der Waals surface area contributed by atoms with Gasteiger partial charge in [0.25, 0.3) is 11.5 Å². The minimum Gasteiger partial charge on any atom is -0.383 e. The molecule has 1 saturated heterocycles. The van der Waals surface area contributed by atoms with E-state index in [4.69, 9.17) is 4.74 Å². The molecule has 1 fully saturated rings. The second-order valence-corrected chi connectivity index (χ2v) is 8.18. The summed E-state index contributed by atoms with van der Waals surface area (Å²) in [5.74, 6) is -0.0438. The molecule has 3 aromatic rings. The minimum atomic E-state index is -0.289. The Balaban J connectivity index is 1.60. The van der Waals surface area contributed by atoms with Crippen molar-refractivity contribution in [2.75, 3.05) is 43.6 Å². The van der Waals surface area contributed by atoms with E-state index in [9.17, 15) is 14.4 Å². The molecule has 0 spiro atoms. The third-order valence-corrected chi connectivity index (χ3v) is 5.80. The first kappa shape index (κ1) is 24.0. The quantitative estimate of drug-likeness (QED) is 0.430. The highest BCUT2D eigenvalue weighted by molar-refractivity contribution is 5.96. The lowest BCUT2D eigenvalue weighted by molar-refractivity contribution is 0.0937. The lowest BCUT2D eigenvalue weighted by Gasteiger charge is -2.19. The maximum absolute atomic E-state index is 12.8. The summed E-state index contributed by atoms with van der Waals surface area (Å²) in [4.78, 5) is 43.4. The van der Waals surface area contributed by atoms with E-state index in [1.54, 1.807) is 49.5 Å². The van der Waals surface area contributed by atoms with E-state index in [0.717, 1.165) is 16.8 Å². The number of ether oxygens (including phenoxy) is 1. The number of carbonyl (C=O) groups excluding carboxylic acids is 2. The average Bonchev–Trinajstić information content (AvgIpc) is 3.28. The summed E-state index contributed by atoms with van der Waals surface area (Å²) >= 11 is 0. The van der Waals surface area contributed by atoms with E-state index < -0.39 is 0 Å². The minimum absolute atomic E-state index is 0.128. The first-order valence-corrected chi connectivity index (χ1v) is 11.3. The molecule has 182 valence electrons. The van der Waals surface area contributed by atoms with Gasteiger partial charge < -0.3 is 25.3 Å². The van der Waals surface area contributed by atoms with Gasteiger partial charge >= 0.3 is 6.03 Å². The van der Waals surface area contributed by atoms with Crippen LogP contribution in [0.2, 0.25) is 0 Å². The molecular formula is C25H28N6O4. The molecule has 0 radical (unpaired) electrons.